The fourth-order valence-electron chi connectivity index (χ4n) is 1.09. The summed E-state index contributed by atoms with van der Waals surface area (Å²) in [5.41, 5.74) is 4.79. The van der Waals surface area contributed by atoms with Crippen molar-refractivity contribution in [2.75, 3.05) is 0 Å². The van der Waals surface area contributed by atoms with Crippen LogP contribution in [-0.4, -0.2) is 5.91 Å². The SMILES string of the molecule is Cc1cccc(C(=O)NOS)c1C. The van der Waals surface area contributed by atoms with Gasteiger partial charge in [-0.1, -0.05) is 12.1 Å². The Balaban J connectivity index is 3.01. The number of rotatable bonds is 2. The lowest BCUT2D eigenvalue weighted by Gasteiger charge is -2.06. The van der Waals surface area contributed by atoms with Gasteiger partial charge in [0, 0.05) is 18.5 Å². The van der Waals surface area contributed by atoms with Gasteiger partial charge in [0.25, 0.3) is 5.91 Å². The smallest absolute Gasteiger partial charge is 0.267 e. The van der Waals surface area contributed by atoms with E-state index in [2.05, 4.69) is 22.7 Å². The highest BCUT2D eigenvalue weighted by Crippen LogP contribution is 2.12. The van der Waals surface area contributed by atoms with Crippen LogP contribution in [0, 0.1) is 13.8 Å². The Morgan fingerprint density at radius 2 is 2.15 bits per heavy atom. The van der Waals surface area contributed by atoms with E-state index < -0.39 is 0 Å². The molecule has 0 bridgehead atoms. The van der Waals surface area contributed by atoms with E-state index in [0.717, 1.165) is 11.1 Å². The van der Waals surface area contributed by atoms with Crippen molar-refractivity contribution in [1.82, 2.24) is 5.48 Å². The summed E-state index contributed by atoms with van der Waals surface area (Å²) in [5, 5.41) is 0. The highest BCUT2D eigenvalue weighted by atomic mass is 32.1. The third kappa shape index (κ3) is 2.23. The summed E-state index contributed by atoms with van der Waals surface area (Å²) in [6.45, 7) is 3.84. The molecular formula is C9H11NO2S. The second-order valence-electron chi connectivity index (χ2n) is 2.77. The Hall–Kier alpha value is -1.00. The molecule has 0 saturated carbocycles. The molecule has 0 saturated heterocycles. The highest BCUT2D eigenvalue weighted by molar-refractivity contribution is 7.75. The van der Waals surface area contributed by atoms with E-state index in [0.29, 0.717) is 5.56 Å². The number of carbonyl (C=O) groups excluding carboxylic acids is 1. The molecule has 1 N–H and O–H groups in total. The first-order valence-corrected chi connectivity index (χ1v) is 4.20. The lowest BCUT2D eigenvalue weighted by atomic mass is 10.0. The van der Waals surface area contributed by atoms with E-state index in [1.807, 2.05) is 26.0 Å². The van der Waals surface area contributed by atoms with Crippen LogP contribution < -0.4 is 5.48 Å². The van der Waals surface area contributed by atoms with Crippen molar-refractivity contribution in [3.63, 3.8) is 0 Å². The van der Waals surface area contributed by atoms with Crippen molar-refractivity contribution in [3.8, 4) is 0 Å². The molecule has 0 spiro atoms. The van der Waals surface area contributed by atoms with E-state index in [1.54, 1.807) is 6.07 Å². The first-order valence-electron chi connectivity index (χ1n) is 3.83. The number of hydrogen-bond donors (Lipinski definition) is 2. The second-order valence-corrected chi connectivity index (χ2v) is 2.95. The zero-order valence-corrected chi connectivity index (χ0v) is 8.39. The second kappa shape index (κ2) is 4.30. The Kier molecular flexibility index (Phi) is 3.33. The summed E-state index contributed by atoms with van der Waals surface area (Å²) in [4.78, 5) is 11.3. The van der Waals surface area contributed by atoms with Crippen LogP contribution in [0.4, 0.5) is 0 Å². The Bertz CT molecular complexity index is 325. The van der Waals surface area contributed by atoms with Crippen LogP contribution in [0.2, 0.25) is 0 Å². The van der Waals surface area contributed by atoms with Gasteiger partial charge in [-0.3, -0.25) is 4.79 Å². The van der Waals surface area contributed by atoms with Crippen LogP contribution in [0.5, 0.6) is 0 Å². The van der Waals surface area contributed by atoms with Crippen LogP contribution in [0.15, 0.2) is 18.2 Å². The van der Waals surface area contributed by atoms with Gasteiger partial charge in [-0.15, -0.1) is 0 Å². The van der Waals surface area contributed by atoms with E-state index in [1.165, 1.54) is 0 Å². The predicted molar refractivity (Wildman–Crippen MR) is 53.5 cm³/mol. The number of amides is 1. The summed E-state index contributed by atoms with van der Waals surface area (Å²) >= 11 is 3.44. The number of hydroxylamine groups is 1. The van der Waals surface area contributed by atoms with Crippen molar-refractivity contribution in [2.45, 2.75) is 13.8 Å². The fraction of sp³-hybridized carbons (Fsp3) is 0.222. The van der Waals surface area contributed by atoms with Gasteiger partial charge in [0.15, 0.2) is 0 Å². The van der Waals surface area contributed by atoms with Crippen LogP contribution in [-0.2, 0) is 4.28 Å². The van der Waals surface area contributed by atoms with Gasteiger partial charge in [-0.05, 0) is 31.0 Å². The normalized spacial score (nSPS) is 9.77. The summed E-state index contributed by atoms with van der Waals surface area (Å²) in [7, 11) is 0. The van der Waals surface area contributed by atoms with Gasteiger partial charge in [-0.25, -0.2) is 9.76 Å². The number of hydrogen-bond acceptors (Lipinski definition) is 3. The monoisotopic (exact) mass is 197 g/mol. The molecule has 1 amide bonds. The van der Waals surface area contributed by atoms with Crippen LogP contribution in [0.1, 0.15) is 21.5 Å². The average molecular weight is 197 g/mol. The number of thiol groups is 1. The lowest BCUT2D eigenvalue weighted by molar-refractivity contribution is 0.0802. The molecule has 0 fully saturated rings. The van der Waals surface area contributed by atoms with Gasteiger partial charge in [-0.2, -0.15) is 0 Å². The Morgan fingerprint density at radius 3 is 2.77 bits per heavy atom. The van der Waals surface area contributed by atoms with Crippen LogP contribution in [0.3, 0.4) is 0 Å². The molecule has 1 aromatic carbocycles. The maximum absolute atomic E-state index is 11.3. The number of aryl methyl sites for hydroxylation is 1. The number of nitrogens with one attached hydrogen (secondary N) is 1. The number of carbonyl (C=O) groups is 1. The van der Waals surface area contributed by atoms with E-state index in [-0.39, 0.29) is 5.91 Å². The predicted octanol–water partition coefficient (Wildman–Crippen LogP) is 1.81. The minimum Gasteiger partial charge on any atom is -0.267 e. The molecule has 0 aliphatic carbocycles. The molecule has 0 unspecified atom stereocenters. The van der Waals surface area contributed by atoms with E-state index in [9.17, 15) is 4.79 Å². The topological polar surface area (TPSA) is 38.3 Å². The summed E-state index contributed by atoms with van der Waals surface area (Å²) in [6.07, 6.45) is 0. The van der Waals surface area contributed by atoms with Crippen molar-refractivity contribution >= 4 is 18.8 Å². The summed E-state index contributed by atoms with van der Waals surface area (Å²) < 4.78 is 4.25. The molecule has 4 heteroatoms. The molecule has 0 atom stereocenters. The zero-order chi connectivity index (χ0) is 9.84. The summed E-state index contributed by atoms with van der Waals surface area (Å²) in [6, 6.07) is 5.52. The van der Waals surface area contributed by atoms with Gasteiger partial charge >= 0.3 is 0 Å². The third-order valence-electron chi connectivity index (χ3n) is 1.99. The largest absolute Gasteiger partial charge is 0.276 e. The fourth-order valence-corrected chi connectivity index (χ4v) is 1.18. The van der Waals surface area contributed by atoms with Crippen LogP contribution >= 0.6 is 12.9 Å². The minimum absolute atomic E-state index is 0.281. The molecular weight excluding hydrogens is 186 g/mol. The van der Waals surface area contributed by atoms with Crippen molar-refractivity contribution < 1.29 is 9.08 Å². The number of benzene rings is 1. The molecule has 0 radical (unpaired) electrons. The average Bonchev–Trinajstić information content (AvgIpc) is 2.10. The molecule has 0 aliphatic rings. The third-order valence-corrected chi connectivity index (χ3v) is 2.08. The van der Waals surface area contributed by atoms with Gasteiger partial charge in [0.05, 0.1) is 0 Å². The van der Waals surface area contributed by atoms with Crippen LogP contribution in [0.25, 0.3) is 0 Å². The molecule has 13 heavy (non-hydrogen) atoms. The maximum atomic E-state index is 11.3. The minimum atomic E-state index is -0.281. The lowest BCUT2D eigenvalue weighted by Crippen LogP contribution is -2.21. The van der Waals surface area contributed by atoms with Gasteiger partial charge < -0.3 is 0 Å². The van der Waals surface area contributed by atoms with Gasteiger partial charge in [0.2, 0.25) is 0 Å². The summed E-state index contributed by atoms with van der Waals surface area (Å²) in [5.74, 6) is -0.281. The quantitative estimate of drug-likeness (QED) is 0.431. The zero-order valence-electron chi connectivity index (χ0n) is 7.50. The molecule has 3 nitrogen and oxygen atoms in total. The van der Waals surface area contributed by atoms with Gasteiger partial charge in [0.1, 0.15) is 0 Å². The highest BCUT2D eigenvalue weighted by Gasteiger charge is 2.08. The molecule has 70 valence electrons. The van der Waals surface area contributed by atoms with Crippen molar-refractivity contribution in [3.05, 3.63) is 34.9 Å². The molecule has 0 heterocycles. The first kappa shape index (κ1) is 10.1. The van der Waals surface area contributed by atoms with Crippen molar-refractivity contribution in [1.29, 1.82) is 0 Å². The molecule has 0 aliphatic heterocycles. The van der Waals surface area contributed by atoms with E-state index in [4.69, 9.17) is 0 Å². The molecule has 1 aromatic rings. The van der Waals surface area contributed by atoms with Crippen molar-refractivity contribution in [2.24, 2.45) is 0 Å². The van der Waals surface area contributed by atoms with E-state index >= 15 is 0 Å². The Morgan fingerprint density at radius 1 is 1.46 bits per heavy atom. The first-order chi connectivity index (χ1) is 6.16. The molecule has 1 rings (SSSR count). The Labute approximate surface area is 82.7 Å². The molecule has 0 aromatic heterocycles. The standard InChI is InChI=1S/C9H11NO2S/c1-6-4-3-5-8(7(6)2)9(11)10-12-13/h3-5,13H,1-2H3,(H,10,11). The maximum Gasteiger partial charge on any atom is 0.276 e.